The lowest BCUT2D eigenvalue weighted by atomic mass is 9.80. The van der Waals surface area contributed by atoms with Crippen LogP contribution < -0.4 is 0 Å². The van der Waals surface area contributed by atoms with Crippen molar-refractivity contribution in [3.8, 4) is 5.69 Å². The highest BCUT2D eigenvalue weighted by atomic mass is 35.5. The number of Topliss-reactive ketones (excluding diaryl/α,β-unsaturated/α-hetero) is 1. The molecule has 0 radical (unpaired) electrons. The first kappa shape index (κ1) is 18.5. The minimum Gasteiger partial charge on any atom is -0.299 e. The van der Waals surface area contributed by atoms with Crippen molar-refractivity contribution in [1.82, 2.24) is 14.8 Å². The molecular formula is C19H19ClF3N3O. The van der Waals surface area contributed by atoms with Crippen molar-refractivity contribution in [3.63, 3.8) is 0 Å². The Balaban J connectivity index is 1.63. The molecular weight excluding hydrogens is 379 g/mol. The van der Waals surface area contributed by atoms with Crippen molar-refractivity contribution in [3.05, 3.63) is 40.4 Å². The van der Waals surface area contributed by atoms with Crippen LogP contribution >= 0.6 is 11.6 Å². The largest absolute Gasteiger partial charge is 0.389 e. The van der Waals surface area contributed by atoms with Gasteiger partial charge in [0.2, 0.25) is 0 Å². The molecule has 1 saturated carbocycles. The predicted molar refractivity (Wildman–Crippen MR) is 94.2 cm³/mol. The third-order valence-electron chi connectivity index (χ3n) is 5.51. The fourth-order valence-corrected chi connectivity index (χ4v) is 4.48. The van der Waals surface area contributed by atoms with Crippen LogP contribution in [0.4, 0.5) is 13.2 Å². The van der Waals surface area contributed by atoms with E-state index >= 15 is 0 Å². The summed E-state index contributed by atoms with van der Waals surface area (Å²) in [6.07, 6.45) is -1.99. The van der Waals surface area contributed by atoms with Crippen molar-refractivity contribution >= 4 is 17.4 Å². The van der Waals surface area contributed by atoms with Crippen molar-refractivity contribution in [2.75, 3.05) is 0 Å². The molecule has 0 atom stereocenters. The van der Waals surface area contributed by atoms with Gasteiger partial charge in [0.15, 0.2) is 0 Å². The van der Waals surface area contributed by atoms with E-state index in [4.69, 9.17) is 11.6 Å². The first-order valence-electron chi connectivity index (χ1n) is 9.11. The van der Waals surface area contributed by atoms with Crippen molar-refractivity contribution in [2.45, 2.75) is 57.0 Å². The standard InChI is InChI=1S/C19H19ClF3N3O/c20-14-5-6-16-13(7-14)8-15(27)9-17-24-25-18(26(16)17)12-3-1-11(2-4-12)10-19(21,22)23/h5-7,11-12H,1-4,8-10H2/t11-,12-. The smallest absolute Gasteiger partial charge is 0.299 e. The molecule has 1 aliphatic heterocycles. The van der Waals surface area contributed by atoms with Gasteiger partial charge in [0.25, 0.3) is 0 Å². The van der Waals surface area contributed by atoms with E-state index in [1.54, 1.807) is 12.1 Å². The van der Waals surface area contributed by atoms with Crippen LogP contribution in [0.2, 0.25) is 5.02 Å². The summed E-state index contributed by atoms with van der Waals surface area (Å²) in [7, 11) is 0. The van der Waals surface area contributed by atoms with Gasteiger partial charge in [-0.05, 0) is 55.4 Å². The number of hydrogen-bond donors (Lipinski definition) is 0. The van der Waals surface area contributed by atoms with Gasteiger partial charge >= 0.3 is 6.18 Å². The summed E-state index contributed by atoms with van der Waals surface area (Å²) in [5.41, 5.74) is 1.68. The highest BCUT2D eigenvalue weighted by molar-refractivity contribution is 6.30. The molecule has 27 heavy (non-hydrogen) atoms. The molecule has 144 valence electrons. The van der Waals surface area contributed by atoms with Gasteiger partial charge in [-0.3, -0.25) is 9.36 Å². The fraction of sp³-hybridized carbons (Fsp3) is 0.526. The second-order valence-electron chi connectivity index (χ2n) is 7.51. The number of carbonyl (C=O) groups is 1. The van der Waals surface area contributed by atoms with E-state index in [1.165, 1.54) is 0 Å². The van der Waals surface area contributed by atoms with Gasteiger partial charge in [0.05, 0.1) is 12.1 Å². The van der Waals surface area contributed by atoms with Gasteiger partial charge in [0.1, 0.15) is 17.4 Å². The Kier molecular flexibility index (Phi) is 4.74. The normalized spacial score (nSPS) is 22.9. The molecule has 0 saturated heterocycles. The van der Waals surface area contributed by atoms with Gasteiger partial charge in [-0.1, -0.05) is 11.6 Å². The van der Waals surface area contributed by atoms with Crippen LogP contribution in [-0.2, 0) is 17.6 Å². The predicted octanol–water partition coefficient (Wildman–Crippen LogP) is 4.81. The zero-order valence-corrected chi connectivity index (χ0v) is 15.4. The van der Waals surface area contributed by atoms with Gasteiger partial charge in [0, 0.05) is 23.8 Å². The quantitative estimate of drug-likeness (QED) is 0.730. The maximum Gasteiger partial charge on any atom is 0.389 e. The molecule has 1 fully saturated rings. The summed E-state index contributed by atoms with van der Waals surface area (Å²) in [5.74, 6) is 1.11. The third-order valence-corrected chi connectivity index (χ3v) is 5.75. The highest BCUT2D eigenvalue weighted by Crippen LogP contribution is 2.41. The highest BCUT2D eigenvalue weighted by Gasteiger charge is 2.36. The summed E-state index contributed by atoms with van der Waals surface area (Å²) in [6.45, 7) is 0. The zero-order valence-electron chi connectivity index (χ0n) is 14.6. The monoisotopic (exact) mass is 397 g/mol. The van der Waals surface area contributed by atoms with E-state index in [0.717, 1.165) is 17.1 Å². The molecule has 0 spiro atoms. The molecule has 2 heterocycles. The fourth-order valence-electron chi connectivity index (χ4n) is 4.29. The number of fused-ring (bicyclic) bond motifs is 3. The Morgan fingerprint density at radius 1 is 1.11 bits per heavy atom. The Hall–Kier alpha value is -1.89. The van der Waals surface area contributed by atoms with Gasteiger partial charge in [-0.2, -0.15) is 13.2 Å². The lowest BCUT2D eigenvalue weighted by Crippen LogP contribution is -2.21. The number of rotatable bonds is 2. The minimum atomic E-state index is -4.11. The van der Waals surface area contributed by atoms with Crippen LogP contribution in [0.15, 0.2) is 18.2 Å². The number of ketones is 1. The van der Waals surface area contributed by atoms with Crippen LogP contribution in [-0.4, -0.2) is 26.7 Å². The molecule has 1 aliphatic carbocycles. The minimum absolute atomic E-state index is 0.0464. The number of aromatic nitrogens is 3. The van der Waals surface area contributed by atoms with Crippen molar-refractivity contribution in [2.24, 2.45) is 5.92 Å². The molecule has 1 aromatic carbocycles. The Labute approximate surface area is 159 Å². The summed E-state index contributed by atoms with van der Waals surface area (Å²) < 4.78 is 39.9. The van der Waals surface area contributed by atoms with E-state index in [-0.39, 0.29) is 30.5 Å². The molecule has 8 heteroatoms. The van der Waals surface area contributed by atoms with Crippen molar-refractivity contribution < 1.29 is 18.0 Å². The molecule has 1 aromatic heterocycles. The van der Waals surface area contributed by atoms with Crippen LogP contribution in [0.3, 0.4) is 0 Å². The summed E-state index contributed by atoms with van der Waals surface area (Å²) >= 11 is 6.09. The number of halogens is 4. The SMILES string of the molecule is O=C1Cc2cc(Cl)ccc2-n2c(nnc2[C@H]2CC[C@H](CC(F)(F)F)CC2)C1. The number of benzene rings is 1. The molecule has 4 nitrogen and oxygen atoms in total. The number of hydrogen-bond acceptors (Lipinski definition) is 3. The average molecular weight is 398 g/mol. The third kappa shape index (κ3) is 3.88. The second-order valence-corrected chi connectivity index (χ2v) is 7.95. The van der Waals surface area contributed by atoms with E-state index in [1.807, 2.05) is 10.6 Å². The van der Waals surface area contributed by atoms with Gasteiger partial charge < -0.3 is 0 Å². The number of carbonyl (C=O) groups excluding carboxylic acids is 1. The number of alkyl halides is 3. The van der Waals surface area contributed by atoms with Crippen molar-refractivity contribution in [1.29, 1.82) is 0 Å². The maximum atomic E-state index is 12.6. The zero-order chi connectivity index (χ0) is 19.2. The topological polar surface area (TPSA) is 47.8 Å². The lowest BCUT2D eigenvalue weighted by molar-refractivity contribution is -0.146. The van der Waals surface area contributed by atoms with E-state index < -0.39 is 12.6 Å². The van der Waals surface area contributed by atoms with E-state index in [2.05, 4.69) is 10.2 Å². The number of nitrogens with zero attached hydrogens (tertiary/aromatic N) is 3. The van der Waals surface area contributed by atoms with Crippen LogP contribution in [0.1, 0.15) is 55.2 Å². The Morgan fingerprint density at radius 2 is 1.85 bits per heavy atom. The molecule has 0 unspecified atom stereocenters. The summed E-state index contributed by atoms with van der Waals surface area (Å²) in [6, 6.07) is 5.42. The second kappa shape index (κ2) is 6.93. The molecule has 2 aromatic rings. The van der Waals surface area contributed by atoms with Crippen LogP contribution in [0, 0.1) is 5.92 Å². The first-order chi connectivity index (χ1) is 12.8. The van der Waals surface area contributed by atoms with Gasteiger partial charge in [-0.25, -0.2) is 0 Å². The van der Waals surface area contributed by atoms with Crippen LogP contribution in [0.5, 0.6) is 0 Å². The average Bonchev–Trinajstić information content (AvgIpc) is 2.91. The van der Waals surface area contributed by atoms with Crippen LogP contribution in [0.25, 0.3) is 5.69 Å². The first-order valence-corrected chi connectivity index (χ1v) is 9.49. The molecule has 0 amide bonds. The molecule has 2 aliphatic rings. The summed E-state index contributed by atoms with van der Waals surface area (Å²) in [5, 5.41) is 9.11. The lowest BCUT2D eigenvalue weighted by Gasteiger charge is -2.29. The summed E-state index contributed by atoms with van der Waals surface area (Å²) in [4.78, 5) is 12.3. The van der Waals surface area contributed by atoms with Gasteiger partial charge in [-0.15, -0.1) is 10.2 Å². The maximum absolute atomic E-state index is 12.6. The molecule has 0 N–H and O–H groups in total. The van der Waals surface area contributed by atoms with E-state index in [9.17, 15) is 18.0 Å². The Bertz CT molecular complexity index is 870. The van der Waals surface area contributed by atoms with E-state index in [0.29, 0.717) is 36.5 Å². The molecule has 4 rings (SSSR count). The molecule has 0 bridgehead atoms. The Morgan fingerprint density at radius 3 is 2.56 bits per heavy atom.